The Bertz CT molecular complexity index is 544. The average molecular weight is 286 g/mol. The van der Waals surface area contributed by atoms with Crippen molar-refractivity contribution in [2.45, 2.75) is 19.8 Å². The smallest absolute Gasteiger partial charge is 0.255 e. The van der Waals surface area contributed by atoms with Gasteiger partial charge in [-0.1, -0.05) is 6.92 Å². The second-order valence-electron chi connectivity index (χ2n) is 4.11. The minimum Gasteiger partial charge on any atom is -0.349 e. The van der Waals surface area contributed by atoms with Crippen molar-refractivity contribution < 1.29 is 8.78 Å². The van der Waals surface area contributed by atoms with Gasteiger partial charge in [0.15, 0.2) is 0 Å². The Morgan fingerprint density at radius 1 is 1.42 bits per heavy atom. The van der Waals surface area contributed by atoms with E-state index >= 15 is 0 Å². The van der Waals surface area contributed by atoms with Crippen LogP contribution in [0.1, 0.15) is 11.8 Å². The quantitative estimate of drug-likeness (QED) is 0.885. The Labute approximate surface area is 114 Å². The standard InChI is InChI=1S/C12H16F2N4S/c1-2-8-5-9-11(16-7-17-12(9)19-8)18(4-3-15)6-10(13)14/h5,7,10H,2-4,6,15H2,1H3. The highest BCUT2D eigenvalue weighted by Gasteiger charge is 2.17. The predicted molar refractivity (Wildman–Crippen MR) is 74.1 cm³/mol. The van der Waals surface area contributed by atoms with E-state index in [-0.39, 0.29) is 6.54 Å². The molecule has 2 heterocycles. The molecule has 7 heteroatoms. The summed E-state index contributed by atoms with van der Waals surface area (Å²) in [7, 11) is 0. The van der Waals surface area contributed by atoms with E-state index < -0.39 is 6.43 Å². The van der Waals surface area contributed by atoms with Crippen LogP contribution < -0.4 is 10.6 Å². The fraction of sp³-hybridized carbons (Fsp3) is 0.500. The zero-order valence-electron chi connectivity index (χ0n) is 10.6. The molecular weight excluding hydrogens is 270 g/mol. The average Bonchev–Trinajstić information content (AvgIpc) is 2.80. The number of thiophene rings is 1. The fourth-order valence-electron chi connectivity index (χ4n) is 1.93. The van der Waals surface area contributed by atoms with Crippen molar-refractivity contribution in [3.05, 3.63) is 17.3 Å². The zero-order chi connectivity index (χ0) is 13.8. The molecule has 4 nitrogen and oxygen atoms in total. The number of rotatable bonds is 6. The maximum Gasteiger partial charge on any atom is 0.255 e. The van der Waals surface area contributed by atoms with Gasteiger partial charge in [-0.3, -0.25) is 0 Å². The van der Waals surface area contributed by atoms with Crippen molar-refractivity contribution in [3.63, 3.8) is 0 Å². The highest BCUT2D eigenvalue weighted by Crippen LogP contribution is 2.30. The molecule has 0 atom stereocenters. The molecule has 0 spiro atoms. The van der Waals surface area contributed by atoms with E-state index in [9.17, 15) is 8.78 Å². The Morgan fingerprint density at radius 3 is 2.84 bits per heavy atom. The molecule has 0 aliphatic heterocycles. The second kappa shape index (κ2) is 6.21. The predicted octanol–water partition coefficient (Wildman–Crippen LogP) is 2.28. The van der Waals surface area contributed by atoms with Crippen molar-refractivity contribution in [1.29, 1.82) is 0 Å². The molecule has 0 radical (unpaired) electrons. The lowest BCUT2D eigenvalue weighted by atomic mass is 10.3. The first kappa shape index (κ1) is 14.1. The number of nitrogens with two attached hydrogens (primary N) is 1. The Morgan fingerprint density at radius 2 is 2.21 bits per heavy atom. The summed E-state index contributed by atoms with van der Waals surface area (Å²) in [6, 6.07) is 1.98. The molecule has 2 aromatic rings. The largest absolute Gasteiger partial charge is 0.349 e. The van der Waals surface area contributed by atoms with Crippen LogP contribution in [0.25, 0.3) is 10.2 Å². The van der Waals surface area contributed by atoms with Gasteiger partial charge in [0.05, 0.1) is 11.9 Å². The van der Waals surface area contributed by atoms with E-state index in [1.807, 2.05) is 6.07 Å². The number of alkyl halides is 2. The Hall–Kier alpha value is -1.34. The maximum absolute atomic E-state index is 12.6. The highest BCUT2D eigenvalue weighted by molar-refractivity contribution is 7.18. The van der Waals surface area contributed by atoms with Gasteiger partial charge in [0, 0.05) is 18.0 Å². The molecule has 0 amide bonds. The molecular formula is C12H16F2N4S. The van der Waals surface area contributed by atoms with Crippen LogP contribution in [0.2, 0.25) is 0 Å². The van der Waals surface area contributed by atoms with Crippen molar-refractivity contribution >= 4 is 27.4 Å². The number of nitrogens with zero attached hydrogens (tertiary/aromatic N) is 3. The molecule has 19 heavy (non-hydrogen) atoms. The Balaban J connectivity index is 2.42. The first-order valence-electron chi connectivity index (χ1n) is 6.12. The van der Waals surface area contributed by atoms with Gasteiger partial charge in [-0.25, -0.2) is 18.7 Å². The lowest BCUT2D eigenvalue weighted by Gasteiger charge is -2.22. The van der Waals surface area contributed by atoms with Crippen LogP contribution in [-0.2, 0) is 6.42 Å². The third kappa shape index (κ3) is 3.16. The second-order valence-corrected chi connectivity index (χ2v) is 5.22. The van der Waals surface area contributed by atoms with E-state index in [4.69, 9.17) is 5.73 Å². The highest BCUT2D eigenvalue weighted by atomic mass is 32.1. The number of aryl methyl sites for hydroxylation is 1. The minimum atomic E-state index is -2.42. The van der Waals surface area contributed by atoms with Crippen molar-refractivity contribution in [1.82, 2.24) is 9.97 Å². The zero-order valence-corrected chi connectivity index (χ0v) is 11.5. The van der Waals surface area contributed by atoms with Gasteiger partial charge in [-0.15, -0.1) is 11.3 Å². The van der Waals surface area contributed by atoms with E-state index in [1.54, 1.807) is 11.3 Å². The molecule has 0 fully saturated rings. The molecule has 2 aromatic heterocycles. The van der Waals surface area contributed by atoms with Crippen LogP contribution in [0, 0.1) is 0 Å². The first-order chi connectivity index (χ1) is 9.15. The molecule has 0 aliphatic rings. The van der Waals surface area contributed by atoms with E-state index in [0.717, 1.165) is 16.6 Å². The van der Waals surface area contributed by atoms with Gasteiger partial charge in [0.2, 0.25) is 0 Å². The van der Waals surface area contributed by atoms with E-state index in [2.05, 4.69) is 16.9 Å². The lowest BCUT2D eigenvalue weighted by Crippen LogP contribution is -2.34. The Kier molecular flexibility index (Phi) is 4.60. The number of anilines is 1. The summed E-state index contributed by atoms with van der Waals surface area (Å²) in [5.41, 5.74) is 5.49. The van der Waals surface area contributed by atoms with Gasteiger partial charge in [0.25, 0.3) is 6.43 Å². The van der Waals surface area contributed by atoms with Gasteiger partial charge >= 0.3 is 0 Å². The molecule has 2 N–H and O–H groups in total. The molecule has 0 unspecified atom stereocenters. The van der Waals surface area contributed by atoms with Crippen LogP contribution in [0.15, 0.2) is 12.4 Å². The molecule has 104 valence electrons. The van der Waals surface area contributed by atoms with E-state index in [1.165, 1.54) is 16.1 Å². The number of hydrogen-bond acceptors (Lipinski definition) is 5. The molecule has 2 rings (SSSR count). The summed E-state index contributed by atoms with van der Waals surface area (Å²) < 4.78 is 25.3. The third-order valence-electron chi connectivity index (χ3n) is 2.76. The van der Waals surface area contributed by atoms with Crippen molar-refractivity contribution in [2.24, 2.45) is 5.73 Å². The van der Waals surface area contributed by atoms with Gasteiger partial charge in [-0.05, 0) is 12.5 Å². The summed E-state index contributed by atoms with van der Waals surface area (Å²) in [6.45, 7) is 2.35. The van der Waals surface area contributed by atoms with Crippen LogP contribution >= 0.6 is 11.3 Å². The lowest BCUT2D eigenvalue weighted by molar-refractivity contribution is 0.155. The van der Waals surface area contributed by atoms with Crippen LogP contribution in [0.3, 0.4) is 0 Å². The monoisotopic (exact) mass is 286 g/mol. The minimum absolute atomic E-state index is 0.309. The fourth-order valence-corrected chi connectivity index (χ4v) is 2.85. The number of aromatic nitrogens is 2. The maximum atomic E-state index is 12.6. The van der Waals surface area contributed by atoms with Crippen molar-refractivity contribution in [3.8, 4) is 0 Å². The van der Waals surface area contributed by atoms with E-state index in [0.29, 0.717) is 18.9 Å². The van der Waals surface area contributed by atoms with Crippen LogP contribution in [-0.4, -0.2) is 36.0 Å². The molecule has 0 aromatic carbocycles. The number of hydrogen-bond donors (Lipinski definition) is 1. The molecule has 0 saturated carbocycles. The first-order valence-corrected chi connectivity index (χ1v) is 6.94. The van der Waals surface area contributed by atoms with Gasteiger partial charge in [0.1, 0.15) is 17.0 Å². The molecule has 0 saturated heterocycles. The van der Waals surface area contributed by atoms with Gasteiger partial charge < -0.3 is 10.6 Å². The summed E-state index contributed by atoms with van der Waals surface area (Å²) in [5.74, 6) is 0.548. The summed E-state index contributed by atoms with van der Waals surface area (Å²) in [5, 5.41) is 0.832. The van der Waals surface area contributed by atoms with Crippen LogP contribution in [0.4, 0.5) is 14.6 Å². The van der Waals surface area contributed by atoms with Crippen LogP contribution in [0.5, 0.6) is 0 Å². The number of fused-ring (bicyclic) bond motifs is 1. The molecule has 0 bridgehead atoms. The number of halogens is 2. The third-order valence-corrected chi connectivity index (χ3v) is 3.95. The summed E-state index contributed by atoms with van der Waals surface area (Å²) in [4.78, 5) is 11.9. The summed E-state index contributed by atoms with van der Waals surface area (Å²) >= 11 is 1.57. The SMILES string of the molecule is CCc1cc2c(N(CCN)CC(F)F)ncnc2s1. The molecule has 0 aliphatic carbocycles. The van der Waals surface area contributed by atoms with Crippen molar-refractivity contribution in [2.75, 3.05) is 24.5 Å². The van der Waals surface area contributed by atoms with Gasteiger partial charge in [-0.2, -0.15) is 0 Å². The normalized spacial score (nSPS) is 11.4. The topological polar surface area (TPSA) is 55.0 Å². The summed E-state index contributed by atoms with van der Waals surface area (Å²) in [6.07, 6.45) is -0.102.